The standard InChI is InChI=1S/C24H32O9/c1-12(2)6-8-30-15-10-14-17(21(20(15)29-5)31-9-7-13(3)4)22-23(33-24(14)28)19(27)18(26)16(11-25)32-22/h6-7,10,16,18-19,22-23,25-27H,8-9,11H2,1-5H3/t16-,18-,19+,22+,23-/m1/s1. The number of allylic oxidation sites excluding steroid dienone is 2. The van der Waals surface area contributed by atoms with Gasteiger partial charge in [-0.3, -0.25) is 0 Å². The molecule has 1 saturated heterocycles. The minimum atomic E-state index is -1.46. The van der Waals surface area contributed by atoms with Gasteiger partial charge in [0.25, 0.3) is 0 Å². The molecule has 0 unspecified atom stereocenters. The second kappa shape index (κ2) is 10.6. The van der Waals surface area contributed by atoms with Crippen LogP contribution in [0.25, 0.3) is 0 Å². The number of carbonyl (C=O) groups excluding carboxylic acids is 1. The molecule has 3 rings (SSSR count). The van der Waals surface area contributed by atoms with Crippen LogP contribution < -0.4 is 14.2 Å². The van der Waals surface area contributed by atoms with Crippen LogP contribution >= 0.6 is 0 Å². The lowest BCUT2D eigenvalue weighted by Crippen LogP contribution is -2.58. The van der Waals surface area contributed by atoms with Crippen LogP contribution in [-0.2, 0) is 9.47 Å². The Labute approximate surface area is 193 Å². The Kier molecular flexibility index (Phi) is 8.01. The van der Waals surface area contributed by atoms with Gasteiger partial charge in [0, 0.05) is 5.56 Å². The van der Waals surface area contributed by atoms with Crippen molar-refractivity contribution < 1.29 is 43.8 Å². The summed E-state index contributed by atoms with van der Waals surface area (Å²) in [5, 5.41) is 30.5. The van der Waals surface area contributed by atoms with E-state index in [0.717, 1.165) is 11.1 Å². The summed E-state index contributed by atoms with van der Waals surface area (Å²) in [6.45, 7) is 7.64. The zero-order chi connectivity index (χ0) is 24.3. The van der Waals surface area contributed by atoms with Gasteiger partial charge in [-0.05, 0) is 45.9 Å². The topological polar surface area (TPSA) is 124 Å². The summed E-state index contributed by atoms with van der Waals surface area (Å²) < 4.78 is 28.8. The molecule has 0 aromatic heterocycles. The number of methoxy groups -OCH3 is 1. The Balaban J connectivity index is 2.15. The van der Waals surface area contributed by atoms with Crippen LogP contribution in [0.15, 0.2) is 29.4 Å². The Morgan fingerprint density at radius 2 is 1.67 bits per heavy atom. The van der Waals surface area contributed by atoms with Crippen molar-refractivity contribution in [2.45, 2.75) is 58.2 Å². The van der Waals surface area contributed by atoms with E-state index in [2.05, 4.69) is 0 Å². The van der Waals surface area contributed by atoms with Crippen molar-refractivity contribution >= 4 is 5.97 Å². The highest BCUT2D eigenvalue weighted by molar-refractivity contribution is 5.95. The fraction of sp³-hybridized carbons (Fsp3) is 0.542. The van der Waals surface area contributed by atoms with E-state index in [0.29, 0.717) is 5.56 Å². The highest BCUT2D eigenvalue weighted by Crippen LogP contribution is 2.51. The molecule has 0 spiro atoms. The van der Waals surface area contributed by atoms with Crippen LogP contribution in [0, 0.1) is 0 Å². The fourth-order valence-electron chi connectivity index (χ4n) is 3.76. The van der Waals surface area contributed by atoms with Gasteiger partial charge in [0.15, 0.2) is 17.6 Å². The maximum atomic E-state index is 12.9. The van der Waals surface area contributed by atoms with Crippen molar-refractivity contribution in [3.63, 3.8) is 0 Å². The maximum Gasteiger partial charge on any atom is 0.339 e. The predicted octanol–water partition coefficient (Wildman–Crippen LogP) is 2.08. The van der Waals surface area contributed by atoms with Crippen molar-refractivity contribution in [2.24, 2.45) is 0 Å². The molecular weight excluding hydrogens is 432 g/mol. The van der Waals surface area contributed by atoms with E-state index in [9.17, 15) is 20.1 Å². The van der Waals surface area contributed by atoms with E-state index in [-0.39, 0.29) is 36.0 Å². The maximum absolute atomic E-state index is 12.9. The number of aliphatic hydroxyl groups is 3. The number of rotatable bonds is 8. The zero-order valence-corrected chi connectivity index (χ0v) is 19.5. The third-order valence-corrected chi connectivity index (χ3v) is 5.51. The molecule has 33 heavy (non-hydrogen) atoms. The first kappa shape index (κ1) is 25.0. The van der Waals surface area contributed by atoms with Gasteiger partial charge in [-0.15, -0.1) is 0 Å². The minimum Gasteiger partial charge on any atom is -0.490 e. The second-order valence-electron chi connectivity index (χ2n) is 8.51. The first-order chi connectivity index (χ1) is 15.7. The van der Waals surface area contributed by atoms with Gasteiger partial charge in [-0.1, -0.05) is 11.1 Å². The number of aliphatic hydroxyl groups excluding tert-OH is 3. The largest absolute Gasteiger partial charge is 0.490 e. The zero-order valence-electron chi connectivity index (χ0n) is 19.5. The van der Waals surface area contributed by atoms with Crippen LogP contribution in [0.1, 0.15) is 49.7 Å². The van der Waals surface area contributed by atoms with E-state index in [4.69, 9.17) is 23.7 Å². The van der Waals surface area contributed by atoms with Crippen molar-refractivity contribution in [2.75, 3.05) is 26.9 Å². The summed E-state index contributed by atoms with van der Waals surface area (Å²) in [6.07, 6.45) is -2.39. The van der Waals surface area contributed by atoms with Crippen molar-refractivity contribution in [3.05, 3.63) is 40.5 Å². The van der Waals surface area contributed by atoms with Gasteiger partial charge in [0.05, 0.1) is 19.3 Å². The average molecular weight is 465 g/mol. The SMILES string of the molecule is COc1c(OCC=C(C)C)cc2c(c1OCC=C(C)C)[C@@H]1O[C@H](CO)[C@@H](O)[C@H](O)[C@H]1OC2=O. The lowest BCUT2D eigenvalue weighted by Gasteiger charge is -2.44. The van der Waals surface area contributed by atoms with Crippen LogP contribution in [-0.4, -0.2) is 72.6 Å². The predicted molar refractivity (Wildman–Crippen MR) is 119 cm³/mol. The Hall–Kier alpha value is -2.59. The molecule has 2 aliphatic heterocycles. The molecule has 9 heteroatoms. The first-order valence-electron chi connectivity index (χ1n) is 10.8. The van der Waals surface area contributed by atoms with Crippen LogP contribution in [0.4, 0.5) is 0 Å². The number of ether oxygens (including phenoxy) is 5. The lowest BCUT2D eigenvalue weighted by molar-refractivity contribution is -0.235. The molecule has 0 amide bonds. The Morgan fingerprint density at radius 3 is 2.24 bits per heavy atom. The number of esters is 1. The van der Waals surface area contributed by atoms with E-state index in [1.165, 1.54) is 13.2 Å². The third-order valence-electron chi connectivity index (χ3n) is 5.51. The van der Waals surface area contributed by atoms with Crippen LogP contribution in [0.5, 0.6) is 17.2 Å². The molecule has 2 aliphatic rings. The van der Waals surface area contributed by atoms with Crippen molar-refractivity contribution in [1.82, 2.24) is 0 Å². The average Bonchev–Trinajstić information content (AvgIpc) is 2.76. The highest BCUT2D eigenvalue weighted by atomic mass is 16.6. The van der Waals surface area contributed by atoms with Gasteiger partial charge < -0.3 is 39.0 Å². The molecular formula is C24H32O9. The molecule has 0 radical (unpaired) electrons. The number of fused-ring (bicyclic) bond motifs is 3. The Bertz CT molecular complexity index is 928. The van der Waals surface area contributed by atoms with Gasteiger partial charge >= 0.3 is 5.97 Å². The number of hydrogen-bond acceptors (Lipinski definition) is 9. The molecule has 9 nitrogen and oxygen atoms in total. The molecule has 0 saturated carbocycles. The molecule has 1 aromatic rings. The second-order valence-corrected chi connectivity index (χ2v) is 8.51. The summed E-state index contributed by atoms with van der Waals surface area (Å²) in [7, 11) is 1.46. The summed E-state index contributed by atoms with van der Waals surface area (Å²) in [6, 6.07) is 1.49. The minimum absolute atomic E-state index is 0.136. The van der Waals surface area contributed by atoms with E-state index in [1.807, 2.05) is 39.8 Å². The smallest absolute Gasteiger partial charge is 0.339 e. The first-order valence-corrected chi connectivity index (χ1v) is 10.8. The third kappa shape index (κ3) is 5.16. The van der Waals surface area contributed by atoms with Gasteiger partial charge in [0.1, 0.15) is 37.6 Å². The number of benzene rings is 1. The number of carbonyl (C=O) groups is 1. The molecule has 1 aromatic carbocycles. The molecule has 3 N–H and O–H groups in total. The molecule has 182 valence electrons. The molecule has 5 atom stereocenters. The normalized spacial score (nSPS) is 25.8. The van der Waals surface area contributed by atoms with E-state index in [1.54, 1.807) is 0 Å². The summed E-state index contributed by atoms with van der Waals surface area (Å²) in [5.41, 5.74) is 2.54. The van der Waals surface area contributed by atoms with Crippen LogP contribution in [0.2, 0.25) is 0 Å². The molecule has 0 bridgehead atoms. The van der Waals surface area contributed by atoms with Gasteiger partial charge in [-0.2, -0.15) is 0 Å². The fourth-order valence-corrected chi connectivity index (χ4v) is 3.76. The van der Waals surface area contributed by atoms with Gasteiger partial charge in [0.2, 0.25) is 5.75 Å². The highest BCUT2D eigenvalue weighted by Gasteiger charge is 2.52. The van der Waals surface area contributed by atoms with Crippen LogP contribution in [0.3, 0.4) is 0 Å². The van der Waals surface area contributed by atoms with Gasteiger partial charge in [-0.25, -0.2) is 4.79 Å². The molecule has 2 heterocycles. The lowest BCUT2D eigenvalue weighted by atomic mass is 9.86. The van der Waals surface area contributed by atoms with Crippen molar-refractivity contribution in [1.29, 1.82) is 0 Å². The summed E-state index contributed by atoms with van der Waals surface area (Å²) in [5.74, 6) is 0.0414. The molecule has 0 aliphatic carbocycles. The van der Waals surface area contributed by atoms with Crippen molar-refractivity contribution in [3.8, 4) is 17.2 Å². The van der Waals surface area contributed by atoms with E-state index >= 15 is 0 Å². The van der Waals surface area contributed by atoms with E-state index < -0.39 is 43.1 Å². The summed E-state index contributed by atoms with van der Waals surface area (Å²) in [4.78, 5) is 12.9. The summed E-state index contributed by atoms with van der Waals surface area (Å²) >= 11 is 0. The monoisotopic (exact) mass is 464 g/mol. The quantitative estimate of drug-likeness (QED) is 0.392. The Morgan fingerprint density at radius 1 is 1.03 bits per heavy atom. The molecule has 1 fully saturated rings. The number of hydrogen-bond donors (Lipinski definition) is 3.